The Bertz CT molecular complexity index is 508. The molecule has 0 aliphatic carbocycles. The van der Waals surface area contributed by atoms with E-state index in [4.69, 9.17) is 0 Å². The molecule has 2 rings (SSSR count). The number of anilines is 1. The summed E-state index contributed by atoms with van der Waals surface area (Å²) >= 11 is 0. The van der Waals surface area contributed by atoms with E-state index in [1.807, 2.05) is 43.3 Å². The largest absolute Gasteiger partial charge is 0.378 e. The van der Waals surface area contributed by atoms with Crippen LogP contribution in [0, 0.1) is 0 Å². The summed E-state index contributed by atoms with van der Waals surface area (Å²) in [6.45, 7) is 0.233. The molecule has 100 valence electrons. The minimum Gasteiger partial charge on any atom is -0.378 e. The van der Waals surface area contributed by atoms with E-state index < -0.39 is 12.1 Å². The lowest BCUT2D eigenvalue weighted by atomic mass is 10.2. The van der Waals surface area contributed by atoms with Crippen molar-refractivity contribution in [1.29, 1.82) is 0 Å². The van der Waals surface area contributed by atoms with Crippen LogP contribution in [0.25, 0.3) is 0 Å². The van der Waals surface area contributed by atoms with Gasteiger partial charge >= 0.3 is 6.03 Å². The summed E-state index contributed by atoms with van der Waals surface area (Å²) in [5, 5.41) is 4.71. The molecule has 1 saturated heterocycles. The molecule has 3 amide bonds. The Morgan fingerprint density at radius 3 is 2.53 bits per heavy atom. The van der Waals surface area contributed by atoms with Crippen molar-refractivity contribution in [3.63, 3.8) is 0 Å². The first-order valence-electron chi connectivity index (χ1n) is 5.95. The minimum atomic E-state index is -0.564. The van der Waals surface area contributed by atoms with Crippen LogP contribution in [0.15, 0.2) is 29.3 Å². The average molecular weight is 260 g/mol. The van der Waals surface area contributed by atoms with E-state index in [1.54, 1.807) is 6.21 Å². The van der Waals surface area contributed by atoms with Crippen molar-refractivity contribution >= 4 is 23.8 Å². The zero-order valence-corrected chi connectivity index (χ0v) is 10.9. The van der Waals surface area contributed by atoms with Crippen molar-refractivity contribution in [1.82, 2.24) is 10.6 Å². The topological polar surface area (TPSA) is 73.8 Å². The highest BCUT2D eigenvalue weighted by atomic mass is 16.2. The fourth-order valence-electron chi connectivity index (χ4n) is 1.68. The van der Waals surface area contributed by atoms with Gasteiger partial charge in [0.1, 0.15) is 6.04 Å². The Labute approximate surface area is 111 Å². The summed E-state index contributed by atoms with van der Waals surface area (Å²) in [6, 6.07) is 6.78. The summed E-state index contributed by atoms with van der Waals surface area (Å²) in [5.74, 6) is -0.370. The van der Waals surface area contributed by atoms with Crippen LogP contribution in [0.5, 0.6) is 0 Å². The number of urea groups is 1. The number of carbonyl (C=O) groups is 2. The monoisotopic (exact) mass is 260 g/mol. The number of carbonyl (C=O) groups excluding carboxylic acids is 2. The van der Waals surface area contributed by atoms with E-state index in [2.05, 4.69) is 15.6 Å². The van der Waals surface area contributed by atoms with Gasteiger partial charge in [-0.15, -0.1) is 0 Å². The minimum absolute atomic E-state index is 0.233. The number of hydrogen-bond acceptors (Lipinski definition) is 4. The smallest absolute Gasteiger partial charge is 0.321 e. The molecule has 1 aliphatic heterocycles. The molecule has 1 heterocycles. The molecule has 1 aliphatic rings. The number of amides is 3. The van der Waals surface area contributed by atoms with E-state index in [-0.39, 0.29) is 12.5 Å². The maximum absolute atomic E-state index is 11.5. The number of hydrogen-bond donors (Lipinski definition) is 2. The lowest BCUT2D eigenvalue weighted by molar-refractivity contribution is -0.121. The van der Waals surface area contributed by atoms with E-state index in [0.717, 1.165) is 11.3 Å². The van der Waals surface area contributed by atoms with Crippen molar-refractivity contribution in [2.24, 2.45) is 4.99 Å². The zero-order valence-electron chi connectivity index (χ0n) is 10.9. The second-order valence-electron chi connectivity index (χ2n) is 4.48. The van der Waals surface area contributed by atoms with E-state index in [9.17, 15) is 9.59 Å². The summed E-state index contributed by atoms with van der Waals surface area (Å²) in [5.41, 5.74) is 2.01. The first-order valence-corrected chi connectivity index (χ1v) is 5.95. The van der Waals surface area contributed by atoms with Crippen LogP contribution in [-0.4, -0.2) is 44.8 Å². The van der Waals surface area contributed by atoms with E-state index >= 15 is 0 Å². The number of nitrogens with one attached hydrogen (secondary N) is 2. The molecule has 6 heteroatoms. The molecule has 19 heavy (non-hydrogen) atoms. The predicted octanol–water partition coefficient (Wildman–Crippen LogP) is 0.379. The third kappa shape index (κ3) is 3.31. The van der Waals surface area contributed by atoms with Crippen molar-refractivity contribution in [2.75, 3.05) is 25.5 Å². The molecule has 0 aromatic heterocycles. The Morgan fingerprint density at radius 2 is 1.95 bits per heavy atom. The first-order chi connectivity index (χ1) is 9.06. The van der Waals surface area contributed by atoms with Gasteiger partial charge in [-0.3, -0.25) is 15.1 Å². The Balaban J connectivity index is 2.02. The molecule has 2 N–H and O–H groups in total. The molecule has 1 aromatic rings. The van der Waals surface area contributed by atoms with Crippen LogP contribution < -0.4 is 15.5 Å². The zero-order chi connectivity index (χ0) is 13.8. The van der Waals surface area contributed by atoms with Crippen molar-refractivity contribution in [3.8, 4) is 0 Å². The number of aliphatic imine (C=N–C) groups is 1. The van der Waals surface area contributed by atoms with Gasteiger partial charge in [0.25, 0.3) is 5.91 Å². The number of rotatable bonds is 3. The molecule has 0 radical (unpaired) electrons. The van der Waals surface area contributed by atoms with Crippen LogP contribution in [0.1, 0.15) is 5.56 Å². The summed E-state index contributed by atoms with van der Waals surface area (Å²) in [4.78, 5) is 28.6. The van der Waals surface area contributed by atoms with E-state index in [1.165, 1.54) is 0 Å². The molecule has 6 nitrogen and oxygen atoms in total. The van der Waals surface area contributed by atoms with Crippen LogP contribution >= 0.6 is 0 Å². The number of nitrogens with zero attached hydrogens (tertiary/aromatic N) is 2. The molecule has 1 unspecified atom stereocenters. The SMILES string of the molecule is CN(C)c1ccc(C=NC2CNC(=O)NC2=O)cc1. The Morgan fingerprint density at radius 1 is 1.26 bits per heavy atom. The highest BCUT2D eigenvalue weighted by Gasteiger charge is 2.24. The molecule has 0 spiro atoms. The van der Waals surface area contributed by atoms with Crippen LogP contribution in [0.2, 0.25) is 0 Å². The van der Waals surface area contributed by atoms with Gasteiger partial charge in [-0.25, -0.2) is 4.79 Å². The van der Waals surface area contributed by atoms with Gasteiger partial charge in [0.15, 0.2) is 0 Å². The third-order valence-corrected chi connectivity index (χ3v) is 2.81. The second kappa shape index (κ2) is 5.51. The van der Waals surface area contributed by atoms with Crippen molar-refractivity contribution < 1.29 is 9.59 Å². The third-order valence-electron chi connectivity index (χ3n) is 2.81. The first kappa shape index (κ1) is 13.1. The predicted molar refractivity (Wildman–Crippen MR) is 73.7 cm³/mol. The van der Waals surface area contributed by atoms with Crippen LogP contribution in [0.4, 0.5) is 10.5 Å². The van der Waals surface area contributed by atoms with Crippen LogP contribution in [-0.2, 0) is 4.79 Å². The molecular formula is C13H16N4O2. The highest BCUT2D eigenvalue weighted by Crippen LogP contribution is 2.11. The van der Waals surface area contributed by atoms with Gasteiger partial charge in [0, 0.05) is 26.0 Å². The molecule has 1 aromatic carbocycles. The molecule has 0 saturated carbocycles. The van der Waals surface area contributed by atoms with Gasteiger partial charge < -0.3 is 10.2 Å². The lowest BCUT2D eigenvalue weighted by Crippen LogP contribution is -2.54. The second-order valence-corrected chi connectivity index (χ2v) is 4.48. The van der Waals surface area contributed by atoms with E-state index in [0.29, 0.717) is 0 Å². The highest BCUT2D eigenvalue weighted by molar-refractivity contribution is 6.00. The summed E-state index contributed by atoms with van der Waals surface area (Å²) in [6.07, 6.45) is 1.64. The molecule has 1 atom stereocenters. The maximum atomic E-state index is 11.5. The average Bonchev–Trinajstić information content (AvgIpc) is 2.38. The van der Waals surface area contributed by atoms with Gasteiger partial charge in [-0.2, -0.15) is 0 Å². The fraction of sp³-hybridized carbons (Fsp3) is 0.308. The fourth-order valence-corrected chi connectivity index (χ4v) is 1.68. The van der Waals surface area contributed by atoms with Gasteiger partial charge in [-0.05, 0) is 17.7 Å². The Hall–Kier alpha value is -2.37. The standard InChI is InChI=1S/C13H16N4O2/c1-17(2)10-5-3-9(4-6-10)7-14-11-8-15-13(19)16-12(11)18/h3-7,11H,8H2,1-2H3,(H2,15,16,18,19). The number of benzene rings is 1. The normalized spacial score (nSPS) is 19.2. The lowest BCUT2D eigenvalue weighted by Gasteiger charge is -2.18. The summed E-state index contributed by atoms with van der Waals surface area (Å²) in [7, 11) is 3.94. The molecule has 0 bridgehead atoms. The summed E-state index contributed by atoms with van der Waals surface area (Å²) < 4.78 is 0. The molecule has 1 fully saturated rings. The molecular weight excluding hydrogens is 244 g/mol. The van der Waals surface area contributed by atoms with Gasteiger partial charge in [0.2, 0.25) is 0 Å². The van der Waals surface area contributed by atoms with Crippen LogP contribution in [0.3, 0.4) is 0 Å². The number of imide groups is 1. The quantitative estimate of drug-likeness (QED) is 0.772. The van der Waals surface area contributed by atoms with Gasteiger partial charge in [0.05, 0.1) is 6.54 Å². The maximum Gasteiger partial charge on any atom is 0.321 e. The van der Waals surface area contributed by atoms with Crippen molar-refractivity contribution in [2.45, 2.75) is 6.04 Å². The van der Waals surface area contributed by atoms with Crippen molar-refractivity contribution in [3.05, 3.63) is 29.8 Å². The van der Waals surface area contributed by atoms with Gasteiger partial charge in [-0.1, -0.05) is 12.1 Å². The Kier molecular flexibility index (Phi) is 3.79.